The molecule has 15 heteroatoms. The second-order valence-electron chi connectivity index (χ2n) is 8.06. The molecular formula is C20H37Cl4N9O2. The Hall–Kier alpha value is -1.79. The van der Waals surface area contributed by atoms with E-state index in [0.29, 0.717) is 13.0 Å². The SMILES string of the molecule is Cl.Cl.Cl.NC(=O)CCCCN1CCC(CCCCN=C(N)NC(=O)c2nc(Cl)c(N)nc2N)CC1. The van der Waals surface area contributed by atoms with E-state index in [0.717, 1.165) is 57.7 Å². The Labute approximate surface area is 229 Å². The molecule has 0 bridgehead atoms. The van der Waals surface area contributed by atoms with Gasteiger partial charge < -0.3 is 27.8 Å². The van der Waals surface area contributed by atoms with E-state index in [1.54, 1.807) is 0 Å². The number of piperidine rings is 1. The summed E-state index contributed by atoms with van der Waals surface area (Å²) in [5.74, 6) is -0.312. The Morgan fingerprint density at radius 1 is 1.00 bits per heavy atom. The molecule has 1 saturated heterocycles. The van der Waals surface area contributed by atoms with Crippen molar-refractivity contribution in [2.45, 2.75) is 51.4 Å². The van der Waals surface area contributed by atoms with Gasteiger partial charge in [-0.1, -0.05) is 24.4 Å². The molecule has 1 fully saturated rings. The smallest absolute Gasteiger partial charge is 0.280 e. The lowest BCUT2D eigenvalue weighted by Crippen LogP contribution is -2.38. The van der Waals surface area contributed by atoms with E-state index in [1.165, 1.54) is 12.8 Å². The van der Waals surface area contributed by atoms with Gasteiger partial charge in [-0.05, 0) is 57.7 Å². The molecule has 9 N–H and O–H groups in total. The number of aliphatic imine (C=N–C) groups is 1. The first-order valence-electron chi connectivity index (χ1n) is 11.0. The zero-order valence-corrected chi connectivity index (χ0v) is 22.8. The molecule has 1 aliphatic rings. The van der Waals surface area contributed by atoms with Crippen LogP contribution in [-0.2, 0) is 4.79 Å². The molecular weight excluding hydrogens is 540 g/mol. The van der Waals surface area contributed by atoms with Crippen LogP contribution < -0.4 is 28.3 Å². The molecule has 35 heavy (non-hydrogen) atoms. The van der Waals surface area contributed by atoms with Crippen molar-refractivity contribution in [1.29, 1.82) is 0 Å². The minimum Gasteiger partial charge on any atom is -0.382 e. The number of anilines is 2. The predicted octanol–water partition coefficient (Wildman–Crippen LogP) is 2.14. The van der Waals surface area contributed by atoms with Gasteiger partial charge in [0.2, 0.25) is 5.91 Å². The van der Waals surface area contributed by atoms with Gasteiger partial charge in [-0.15, -0.1) is 37.2 Å². The fraction of sp³-hybridized carbons (Fsp3) is 0.650. The van der Waals surface area contributed by atoms with Crippen LogP contribution in [0.15, 0.2) is 4.99 Å². The summed E-state index contributed by atoms with van der Waals surface area (Å²) in [7, 11) is 0. The maximum Gasteiger partial charge on any atom is 0.280 e. The predicted molar refractivity (Wildman–Crippen MR) is 148 cm³/mol. The molecule has 0 saturated carbocycles. The molecule has 0 unspecified atom stereocenters. The number of likely N-dealkylation sites (tertiary alicyclic amines) is 1. The van der Waals surface area contributed by atoms with E-state index in [4.69, 9.17) is 34.5 Å². The van der Waals surface area contributed by atoms with Gasteiger partial charge in [-0.3, -0.25) is 19.9 Å². The van der Waals surface area contributed by atoms with Crippen LogP contribution in [0.1, 0.15) is 61.9 Å². The maximum absolute atomic E-state index is 12.2. The summed E-state index contributed by atoms with van der Waals surface area (Å²) in [6, 6.07) is 0. The first kappa shape index (κ1) is 35.4. The molecule has 1 aromatic heterocycles. The van der Waals surface area contributed by atoms with Crippen molar-refractivity contribution in [3.8, 4) is 0 Å². The number of halogens is 4. The van der Waals surface area contributed by atoms with Crippen LogP contribution in [0.25, 0.3) is 0 Å². The van der Waals surface area contributed by atoms with Gasteiger partial charge in [0.25, 0.3) is 5.91 Å². The van der Waals surface area contributed by atoms with Crippen LogP contribution in [0.3, 0.4) is 0 Å². The number of aromatic nitrogens is 2. The molecule has 11 nitrogen and oxygen atoms in total. The quantitative estimate of drug-likeness (QED) is 0.150. The van der Waals surface area contributed by atoms with Crippen molar-refractivity contribution in [3.05, 3.63) is 10.8 Å². The number of nitrogen functional groups attached to an aromatic ring is 2. The van der Waals surface area contributed by atoms with Crippen LogP contribution in [0.5, 0.6) is 0 Å². The topological polar surface area (TPSA) is 192 Å². The van der Waals surface area contributed by atoms with Gasteiger partial charge in [0.15, 0.2) is 28.4 Å². The first-order valence-corrected chi connectivity index (χ1v) is 11.3. The number of guanidine groups is 1. The number of nitrogens with two attached hydrogens (primary N) is 4. The van der Waals surface area contributed by atoms with E-state index >= 15 is 0 Å². The zero-order chi connectivity index (χ0) is 23.5. The van der Waals surface area contributed by atoms with Crippen LogP contribution in [0.4, 0.5) is 11.6 Å². The number of rotatable bonds is 11. The van der Waals surface area contributed by atoms with E-state index in [-0.39, 0.29) is 71.6 Å². The number of carbonyl (C=O) groups excluding carboxylic acids is 2. The Morgan fingerprint density at radius 3 is 2.29 bits per heavy atom. The number of carbonyl (C=O) groups is 2. The molecule has 0 aliphatic carbocycles. The Kier molecular flexibility index (Phi) is 18.7. The van der Waals surface area contributed by atoms with Crippen LogP contribution in [0.2, 0.25) is 5.15 Å². The number of hydrogen-bond donors (Lipinski definition) is 5. The minimum absolute atomic E-state index is 0. The lowest BCUT2D eigenvalue weighted by atomic mass is 9.91. The fourth-order valence-electron chi connectivity index (χ4n) is 3.70. The van der Waals surface area contributed by atoms with Gasteiger partial charge in [-0.2, -0.15) is 0 Å². The van der Waals surface area contributed by atoms with Crippen molar-refractivity contribution in [2.75, 3.05) is 37.6 Å². The molecule has 1 aromatic rings. The molecule has 0 spiro atoms. The van der Waals surface area contributed by atoms with E-state index in [1.807, 2.05) is 0 Å². The lowest BCUT2D eigenvalue weighted by Gasteiger charge is -2.32. The Balaban J connectivity index is 0. The molecule has 2 amide bonds. The van der Waals surface area contributed by atoms with E-state index in [9.17, 15) is 9.59 Å². The van der Waals surface area contributed by atoms with Crippen LogP contribution in [-0.4, -0.2) is 58.8 Å². The minimum atomic E-state index is -0.639. The highest BCUT2D eigenvalue weighted by Gasteiger charge is 2.19. The number of nitrogens with zero attached hydrogens (tertiary/aromatic N) is 4. The summed E-state index contributed by atoms with van der Waals surface area (Å²) in [5, 5.41) is 2.33. The third-order valence-corrected chi connectivity index (χ3v) is 5.80. The highest BCUT2D eigenvalue weighted by molar-refractivity contribution is 6.31. The monoisotopic (exact) mass is 575 g/mol. The summed E-state index contributed by atoms with van der Waals surface area (Å²) in [4.78, 5) is 37.2. The second-order valence-corrected chi connectivity index (χ2v) is 8.42. The molecule has 0 radical (unpaired) electrons. The van der Waals surface area contributed by atoms with Gasteiger partial charge in [0.05, 0.1) is 0 Å². The van der Waals surface area contributed by atoms with Crippen LogP contribution >= 0.6 is 48.8 Å². The lowest BCUT2D eigenvalue weighted by molar-refractivity contribution is -0.118. The first-order chi connectivity index (χ1) is 15.3. The Morgan fingerprint density at radius 2 is 1.66 bits per heavy atom. The van der Waals surface area contributed by atoms with Crippen molar-refractivity contribution in [2.24, 2.45) is 22.4 Å². The third-order valence-electron chi connectivity index (χ3n) is 5.52. The van der Waals surface area contributed by atoms with Gasteiger partial charge in [0, 0.05) is 13.0 Å². The van der Waals surface area contributed by atoms with Crippen molar-refractivity contribution in [1.82, 2.24) is 20.2 Å². The molecule has 202 valence electrons. The number of unbranched alkanes of at least 4 members (excludes halogenated alkanes) is 2. The molecule has 0 atom stereocenters. The Bertz CT molecular complexity index is 822. The van der Waals surface area contributed by atoms with Crippen LogP contribution in [0, 0.1) is 5.92 Å². The molecule has 0 aromatic carbocycles. The maximum atomic E-state index is 12.2. The van der Waals surface area contributed by atoms with Gasteiger partial charge in [0.1, 0.15) is 0 Å². The summed E-state index contributed by atoms with van der Waals surface area (Å²) >= 11 is 5.78. The summed E-state index contributed by atoms with van der Waals surface area (Å²) in [6.07, 6.45) is 7.87. The largest absolute Gasteiger partial charge is 0.382 e. The average Bonchev–Trinajstić information content (AvgIpc) is 2.74. The summed E-state index contributed by atoms with van der Waals surface area (Å²) in [6.45, 7) is 3.78. The fourth-order valence-corrected chi connectivity index (χ4v) is 3.83. The molecule has 2 rings (SSSR count). The summed E-state index contributed by atoms with van der Waals surface area (Å²) < 4.78 is 0. The molecule has 2 heterocycles. The van der Waals surface area contributed by atoms with Crippen molar-refractivity contribution < 1.29 is 9.59 Å². The summed E-state index contributed by atoms with van der Waals surface area (Å²) in [5.41, 5.74) is 21.9. The highest BCUT2D eigenvalue weighted by atomic mass is 35.5. The number of nitrogens with one attached hydrogen (secondary N) is 1. The van der Waals surface area contributed by atoms with Crippen molar-refractivity contribution in [3.63, 3.8) is 0 Å². The van der Waals surface area contributed by atoms with Gasteiger partial charge in [-0.25, -0.2) is 9.97 Å². The number of amides is 2. The normalized spacial score (nSPS) is 14.3. The van der Waals surface area contributed by atoms with Crippen molar-refractivity contribution >= 4 is 78.2 Å². The number of primary amides is 1. The van der Waals surface area contributed by atoms with Gasteiger partial charge >= 0.3 is 0 Å². The van der Waals surface area contributed by atoms with E-state index < -0.39 is 5.91 Å². The second kappa shape index (κ2) is 18.5. The third kappa shape index (κ3) is 13.2. The average molecular weight is 577 g/mol. The number of hydrogen-bond acceptors (Lipinski definition) is 8. The van der Waals surface area contributed by atoms with E-state index in [2.05, 4.69) is 25.2 Å². The standard InChI is InChI=1S/C20H34ClN9O2.3ClH/c21-16-18(24)28-17(23)15(27-16)19(32)29-20(25)26-9-3-1-5-13-7-11-30(12-8-13)10-4-2-6-14(22)31;;;/h13H,1-12H2,(H2,22,31)(H4,23,24,28)(H3,25,26,29,32);3*1H. The zero-order valence-electron chi connectivity index (χ0n) is 19.6. The highest BCUT2D eigenvalue weighted by Crippen LogP contribution is 2.23. The molecule has 1 aliphatic heterocycles.